The summed E-state index contributed by atoms with van der Waals surface area (Å²) in [5, 5.41) is 16.9. The topological polar surface area (TPSA) is 62.9 Å². The Morgan fingerprint density at radius 2 is 2.12 bits per heavy atom. The Hall–Kier alpha value is -3.04. The van der Waals surface area contributed by atoms with Crippen LogP contribution in [0.3, 0.4) is 0 Å². The summed E-state index contributed by atoms with van der Waals surface area (Å²) in [5.41, 5.74) is 1.14. The maximum atomic E-state index is 14.2. The number of rotatable bonds is 4. The van der Waals surface area contributed by atoms with Gasteiger partial charge in [-0.3, -0.25) is 0 Å². The van der Waals surface area contributed by atoms with Crippen LogP contribution in [0.5, 0.6) is 5.75 Å². The first-order valence-electron chi connectivity index (χ1n) is 6.97. The smallest absolute Gasteiger partial charge is 0.152 e. The first-order valence-corrected chi connectivity index (χ1v) is 7.35. The third kappa shape index (κ3) is 3.03. The molecular formula is C17H12ClFN4O. The van der Waals surface area contributed by atoms with Crippen molar-refractivity contribution >= 4 is 23.1 Å². The third-order valence-corrected chi connectivity index (χ3v) is 3.61. The van der Waals surface area contributed by atoms with Gasteiger partial charge in [-0.25, -0.2) is 9.07 Å². The van der Waals surface area contributed by atoms with Gasteiger partial charge in [-0.15, -0.1) is 0 Å². The highest BCUT2D eigenvalue weighted by molar-refractivity contribution is 6.30. The number of ether oxygens (including phenoxy) is 1. The molecule has 0 atom stereocenters. The zero-order valence-corrected chi connectivity index (χ0v) is 13.4. The van der Waals surface area contributed by atoms with Crippen molar-refractivity contribution in [3.8, 4) is 17.5 Å². The number of nitriles is 1. The van der Waals surface area contributed by atoms with Gasteiger partial charge in [0, 0.05) is 11.1 Å². The molecule has 0 aliphatic carbocycles. The summed E-state index contributed by atoms with van der Waals surface area (Å²) in [6.45, 7) is 0. The van der Waals surface area contributed by atoms with Crippen molar-refractivity contribution in [3.05, 3.63) is 65.1 Å². The maximum Gasteiger partial charge on any atom is 0.152 e. The Balaban J connectivity index is 2.05. The lowest BCUT2D eigenvalue weighted by molar-refractivity contribution is 0.411. The van der Waals surface area contributed by atoms with Crippen molar-refractivity contribution in [1.82, 2.24) is 9.78 Å². The third-order valence-electron chi connectivity index (χ3n) is 3.37. The zero-order chi connectivity index (χ0) is 17.1. The number of halogens is 2. The predicted octanol–water partition coefficient (Wildman–Crippen LogP) is 4.29. The molecular weight excluding hydrogens is 331 g/mol. The molecule has 0 aliphatic rings. The molecule has 0 bridgehead atoms. The molecule has 7 heteroatoms. The standard InChI is InChI=1S/C17H12ClFN4O/c1-24-14-5-6-16(15(19)8-14)22-17-11(9-20)10-21-23(17)13-4-2-3-12(18)7-13/h2-8,10,22H,1H3. The van der Waals surface area contributed by atoms with E-state index in [2.05, 4.69) is 10.4 Å². The van der Waals surface area contributed by atoms with E-state index in [4.69, 9.17) is 16.3 Å². The van der Waals surface area contributed by atoms with Gasteiger partial charge in [0.25, 0.3) is 0 Å². The summed E-state index contributed by atoms with van der Waals surface area (Å²) in [6.07, 6.45) is 1.41. The van der Waals surface area contributed by atoms with E-state index in [-0.39, 0.29) is 11.3 Å². The predicted molar refractivity (Wildman–Crippen MR) is 89.5 cm³/mol. The number of nitrogens with one attached hydrogen (secondary N) is 1. The van der Waals surface area contributed by atoms with Crippen molar-refractivity contribution in [2.75, 3.05) is 12.4 Å². The lowest BCUT2D eigenvalue weighted by atomic mass is 10.2. The van der Waals surface area contributed by atoms with Crippen molar-refractivity contribution in [3.63, 3.8) is 0 Å². The van der Waals surface area contributed by atoms with Crippen LogP contribution in [0.25, 0.3) is 5.69 Å². The molecule has 3 aromatic rings. The molecule has 1 N–H and O–H groups in total. The molecule has 0 spiro atoms. The molecule has 120 valence electrons. The lowest BCUT2D eigenvalue weighted by Gasteiger charge is -2.12. The highest BCUT2D eigenvalue weighted by Gasteiger charge is 2.15. The maximum absolute atomic E-state index is 14.2. The van der Waals surface area contributed by atoms with Gasteiger partial charge in [0.15, 0.2) is 5.82 Å². The number of aromatic nitrogens is 2. The highest BCUT2D eigenvalue weighted by Crippen LogP contribution is 2.28. The van der Waals surface area contributed by atoms with Crippen LogP contribution >= 0.6 is 11.6 Å². The molecule has 2 aromatic carbocycles. The Bertz CT molecular complexity index is 933. The van der Waals surface area contributed by atoms with E-state index in [0.717, 1.165) is 0 Å². The van der Waals surface area contributed by atoms with E-state index in [1.54, 1.807) is 30.3 Å². The number of hydrogen-bond acceptors (Lipinski definition) is 4. The first kappa shape index (κ1) is 15.8. The fourth-order valence-corrected chi connectivity index (χ4v) is 2.39. The summed E-state index contributed by atoms with van der Waals surface area (Å²) < 4.78 is 20.7. The molecule has 3 rings (SSSR count). The molecule has 1 heterocycles. The number of anilines is 2. The fourth-order valence-electron chi connectivity index (χ4n) is 2.21. The second-order valence-electron chi connectivity index (χ2n) is 4.88. The van der Waals surface area contributed by atoms with Gasteiger partial charge in [-0.1, -0.05) is 17.7 Å². The van der Waals surface area contributed by atoms with Crippen LogP contribution < -0.4 is 10.1 Å². The molecule has 1 aromatic heterocycles. The van der Waals surface area contributed by atoms with Gasteiger partial charge in [-0.2, -0.15) is 10.4 Å². The molecule has 0 amide bonds. The van der Waals surface area contributed by atoms with E-state index in [1.165, 1.54) is 30.1 Å². The number of nitrogens with zero attached hydrogens (tertiary/aromatic N) is 3. The Morgan fingerprint density at radius 1 is 1.29 bits per heavy atom. The average molecular weight is 343 g/mol. The van der Waals surface area contributed by atoms with Crippen molar-refractivity contribution in [2.45, 2.75) is 0 Å². The molecule has 0 fully saturated rings. The van der Waals surface area contributed by atoms with Crippen LogP contribution in [-0.4, -0.2) is 16.9 Å². The number of hydrogen-bond donors (Lipinski definition) is 1. The second-order valence-corrected chi connectivity index (χ2v) is 5.32. The quantitative estimate of drug-likeness (QED) is 0.768. The number of benzene rings is 2. The minimum absolute atomic E-state index is 0.205. The van der Waals surface area contributed by atoms with E-state index in [9.17, 15) is 9.65 Å². The second kappa shape index (κ2) is 6.60. The monoisotopic (exact) mass is 342 g/mol. The van der Waals surface area contributed by atoms with Crippen molar-refractivity contribution in [1.29, 1.82) is 5.26 Å². The summed E-state index contributed by atoms with van der Waals surface area (Å²) in [7, 11) is 1.46. The summed E-state index contributed by atoms with van der Waals surface area (Å²) in [4.78, 5) is 0. The first-order chi connectivity index (χ1) is 11.6. The molecule has 24 heavy (non-hydrogen) atoms. The molecule has 0 saturated heterocycles. The van der Waals surface area contributed by atoms with Gasteiger partial charge in [0.1, 0.15) is 23.2 Å². The van der Waals surface area contributed by atoms with Crippen LogP contribution in [0, 0.1) is 17.1 Å². The van der Waals surface area contributed by atoms with Crippen LogP contribution in [-0.2, 0) is 0 Å². The Morgan fingerprint density at radius 3 is 2.79 bits per heavy atom. The largest absolute Gasteiger partial charge is 0.497 e. The van der Waals surface area contributed by atoms with E-state index < -0.39 is 5.82 Å². The van der Waals surface area contributed by atoms with E-state index in [1.807, 2.05) is 6.07 Å². The summed E-state index contributed by atoms with van der Waals surface area (Å²) in [5.74, 6) is 0.253. The lowest BCUT2D eigenvalue weighted by Crippen LogP contribution is -2.04. The summed E-state index contributed by atoms with van der Waals surface area (Å²) in [6, 6.07) is 13.4. The van der Waals surface area contributed by atoms with E-state index in [0.29, 0.717) is 22.3 Å². The summed E-state index contributed by atoms with van der Waals surface area (Å²) >= 11 is 6.01. The molecule has 0 saturated carbocycles. The molecule has 0 radical (unpaired) electrons. The molecule has 0 aliphatic heterocycles. The van der Waals surface area contributed by atoms with Crippen LogP contribution in [0.15, 0.2) is 48.7 Å². The van der Waals surface area contributed by atoms with Crippen molar-refractivity contribution < 1.29 is 9.13 Å². The Kier molecular flexibility index (Phi) is 4.36. The highest BCUT2D eigenvalue weighted by atomic mass is 35.5. The van der Waals surface area contributed by atoms with Gasteiger partial charge >= 0.3 is 0 Å². The minimum atomic E-state index is -0.503. The van der Waals surface area contributed by atoms with Gasteiger partial charge in [-0.05, 0) is 30.3 Å². The van der Waals surface area contributed by atoms with Gasteiger partial charge < -0.3 is 10.1 Å². The normalized spacial score (nSPS) is 10.2. The molecule has 0 unspecified atom stereocenters. The van der Waals surface area contributed by atoms with Crippen LogP contribution in [0.2, 0.25) is 5.02 Å². The minimum Gasteiger partial charge on any atom is -0.497 e. The van der Waals surface area contributed by atoms with Crippen LogP contribution in [0.4, 0.5) is 15.9 Å². The zero-order valence-electron chi connectivity index (χ0n) is 12.6. The van der Waals surface area contributed by atoms with E-state index >= 15 is 0 Å². The number of methoxy groups -OCH3 is 1. The fraction of sp³-hybridized carbons (Fsp3) is 0.0588. The van der Waals surface area contributed by atoms with Gasteiger partial charge in [0.05, 0.1) is 24.7 Å². The van der Waals surface area contributed by atoms with Crippen molar-refractivity contribution in [2.24, 2.45) is 0 Å². The van der Waals surface area contributed by atoms with Gasteiger partial charge in [0.2, 0.25) is 0 Å². The Labute approximate surface area is 142 Å². The van der Waals surface area contributed by atoms with Crippen LogP contribution in [0.1, 0.15) is 5.56 Å². The molecule has 5 nitrogen and oxygen atoms in total. The average Bonchev–Trinajstić information content (AvgIpc) is 2.99. The SMILES string of the molecule is COc1ccc(Nc2c(C#N)cnn2-c2cccc(Cl)c2)c(F)c1.